The number of aromatic nitrogens is 1. The van der Waals surface area contributed by atoms with Gasteiger partial charge >= 0.3 is 0 Å². The van der Waals surface area contributed by atoms with Crippen LogP contribution in [0.15, 0.2) is 28.8 Å². The molecule has 5 nitrogen and oxygen atoms in total. The van der Waals surface area contributed by atoms with Crippen molar-refractivity contribution in [2.45, 2.75) is 13.8 Å². The summed E-state index contributed by atoms with van der Waals surface area (Å²) in [6.45, 7) is 3.50. The zero-order valence-corrected chi connectivity index (χ0v) is 9.52. The van der Waals surface area contributed by atoms with E-state index in [1.807, 2.05) is 0 Å². The monoisotopic (exact) mass is 232 g/mol. The van der Waals surface area contributed by atoms with Crippen molar-refractivity contribution in [1.82, 2.24) is 5.16 Å². The lowest BCUT2D eigenvalue weighted by molar-refractivity contribution is 0.102. The number of phenolic OH excluding ortho intramolecular Hbond substituents is 1. The first-order chi connectivity index (χ1) is 8.06. The molecule has 1 aromatic heterocycles. The molecular formula is C12H12N2O3. The van der Waals surface area contributed by atoms with E-state index in [9.17, 15) is 9.90 Å². The van der Waals surface area contributed by atoms with E-state index in [0.29, 0.717) is 17.1 Å². The highest BCUT2D eigenvalue weighted by atomic mass is 16.5. The van der Waals surface area contributed by atoms with Crippen LogP contribution in [-0.4, -0.2) is 16.2 Å². The average molecular weight is 232 g/mol. The summed E-state index contributed by atoms with van der Waals surface area (Å²) in [4.78, 5) is 11.8. The highest BCUT2D eigenvalue weighted by Gasteiger charge is 2.10. The quantitative estimate of drug-likeness (QED) is 0.832. The Labute approximate surface area is 98.1 Å². The van der Waals surface area contributed by atoms with Gasteiger partial charge in [0.15, 0.2) is 5.82 Å². The lowest BCUT2D eigenvalue weighted by Gasteiger charge is -2.03. The van der Waals surface area contributed by atoms with Crippen LogP contribution < -0.4 is 5.32 Å². The van der Waals surface area contributed by atoms with Crippen LogP contribution in [0.1, 0.15) is 21.7 Å². The predicted molar refractivity (Wildman–Crippen MR) is 62.0 cm³/mol. The van der Waals surface area contributed by atoms with Crippen LogP contribution in [0.5, 0.6) is 5.75 Å². The number of amides is 1. The van der Waals surface area contributed by atoms with Crippen molar-refractivity contribution in [2.24, 2.45) is 0 Å². The topological polar surface area (TPSA) is 75.4 Å². The Hall–Kier alpha value is -2.30. The zero-order valence-electron chi connectivity index (χ0n) is 9.52. The number of nitrogens with one attached hydrogen (secondary N) is 1. The Bertz CT molecular complexity index is 561. The van der Waals surface area contributed by atoms with E-state index in [4.69, 9.17) is 4.52 Å². The van der Waals surface area contributed by atoms with E-state index in [1.54, 1.807) is 32.0 Å². The molecule has 0 unspecified atom stereocenters. The van der Waals surface area contributed by atoms with Gasteiger partial charge in [0.2, 0.25) is 0 Å². The third kappa shape index (κ3) is 2.44. The van der Waals surface area contributed by atoms with Gasteiger partial charge < -0.3 is 14.9 Å². The van der Waals surface area contributed by atoms with Crippen molar-refractivity contribution in [2.75, 3.05) is 5.32 Å². The van der Waals surface area contributed by atoms with Crippen molar-refractivity contribution >= 4 is 11.7 Å². The normalized spacial score (nSPS) is 10.2. The fourth-order valence-electron chi connectivity index (χ4n) is 1.36. The molecule has 0 bridgehead atoms. The lowest BCUT2D eigenvalue weighted by Crippen LogP contribution is -2.11. The summed E-state index contributed by atoms with van der Waals surface area (Å²) in [6.07, 6.45) is 0. The molecule has 17 heavy (non-hydrogen) atoms. The molecular weight excluding hydrogens is 220 g/mol. The molecule has 0 saturated heterocycles. The average Bonchev–Trinajstić information content (AvgIpc) is 2.68. The summed E-state index contributed by atoms with van der Waals surface area (Å²) in [5.41, 5.74) is 1.09. The molecule has 1 aromatic carbocycles. The second kappa shape index (κ2) is 4.29. The molecule has 1 heterocycles. The van der Waals surface area contributed by atoms with Crippen LogP contribution in [0, 0.1) is 13.8 Å². The Morgan fingerprint density at radius 2 is 2.12 bits per heavy atom. The fourth-order valence-corrected chi connectivity index (χ4v) is 1.36. The molecule has 2 rings (SSSR count). The van der Waals surface area contributed by atoms with Crippen molar-refractivity contribution in [1.29, 1.82) is 0 Å². The van der Waals surface area contributed by atoms with Gasteiger partial charge in [0.25, 0.3) is 5.91 Å². The standard InChI is InChI=1S/C12H12N2O3/c1-7-3-4-9(6-10(7)15)12(16)13-11-5-8(2)17-14-11/h3-6,15H,1-2H3,(H,13,14,16). The highest BCUT2D eigenvalue weighted by molar-refractivity contribution is 6.04. The first-order valence-electron chi connectivity index (χ1n) is 5.10. The van der Waals surface area contributed by atoms with Gasteiger partial charge in [0, 0.05) is 11.6 Å². The number of phenols is 1. The van der Waals surface area contributed by atoms with E-state index in [-0.39, 0.29) is 11.7 Å². The van der Waals surface area contributed by atoms with E-state index in [0.717, 1.165) is 5.56 Å². The van der Waals surface area contributed by atoms with Crippen molar-refractivity contribution < 1.29 is 14.4 Å². The first-order valence-corrected chi connectivity index (χ1v) is 5.10. The Morgan fingerprint density at radius 3 is 2.71 bits per heavy atom. The maximum absolute atomic E-state index is 11.8. The van der Waals surface area contributed by atoms with E-state index in [1.165, 1.54) is 6.07 Å². The number of hydrogen-bond acceptors (Lipinski definition) is 4. The van der Waals surface area contributed by atoms with Crippen molar-refractivity contribution in [3.05, 3.63) is 41.2 Å². The van der Waals surface area contributed by atoms with Gasteiger partial charge in [-0.05, 0) is 31.5 Å². The number of nitrogens with zero attached hydrogens (tertiary/aromatic N) is 1. The minimum Gasteiger partial charge on any atom is -0.508 e. The molecule has 1 amide bonds. The largest absolute Gasteiger partial charge is 0.508 e. The minimum absolute atomic E-state index is 0.0917. The van der Waals surface area contributed by atoms with Gasteiger partial charge in [0.05, 0.1) is 0 Å². The fraction of sp³-hybridized carbons (Fsp3) is 0.167. The SMILES string of the molecule is Cc1cc(NC(=O)c2ccc(C)c(O)c2)no1. The highest BCUT2D eigenvalue weighted by Crippen LogP contribution is 2.18. The summed E-state index contributed by atoms with van der Waals surface area (Å²) < 4.78 is 4.83. The van der Waals surface area contributed by atoms with Crippen LogP contribution in [0.2, 0.25) is 0 Å². The molecule has 0 aliphatic rings. The minimum atomic E-state index is -0.339. The Kier molecular flexibility index (Phi) is 2.82. The molecule has 0 radical (unpaired) electrons. The summed E-state index contributed by atoms with van der Waals surface area (Å²) in [5, 5.41) is 15.7. The molecule has 88 valence electrons. The molecule has 0 fully saturated rings. The summed E-state index contributed by atoms with van der Waals surface area (Å²) in [5.74, 6) is 0.724. The summed E-state index contributed by atoms with van der Waals surface area (Å²) in [7, 11) is 0. The van der Waals surface area contributed by atoms with Crippen LogP contribution >= 0.6 is 0 Å². The summed E-state index contributed by atoms with van der Waals surface area (Å²) in [6, 6.07) is 6.35. The molecule has 5 heteroatoms. The van der Waals surface area contributed by atoms with E-state index < -0.39 is 0 Å². The third-order valence-corrected chi connectivity index (χ3v) is 2.34. The number of benzene rings is 1. The van der Waals surface area contributed by atoms with Crippen LogP contribution in [-0.2, 0) is 0 Å². The van der Waals surface area contributed by atoms with Gasteiger partial charge in [-0.15, -0.1) is 0 Å². The molecule has 2 aromatic rings. The van der Waals surface area contributed by atoms with Gasteiger partial charge in [-0.2, -0.15) is 0 Å². The molecule has 0 spiro atoms. The predicted octanol–water partition coefficient (Wildman–Crippen LogP) is 2.25. The van der Waals surface area contributed by atoms with Gasteiger partial charge in [-0.25, -0.2) is 0 Å². The molecule has 0 atom stereocenters. The van der Waals surface area contributed by atoms with Crippen LogP contribution in [0.4, 0.5) is 5.82 Å². The molecule has 0 aliphatic carbocycles. The molecule has 0 saturated carbocycles. The van der Waals surface area contributed by atoms with Crippen molar-refractivity contribution in [3.8, 4) is 5.75 Å². The number of aryl methyl sites for hydroxylation is 2. The van der Waals surface area contributed by atoms with E-state index in [2.05, 4.69) is 10.5 Å². The maximum atomic E-state index is 11.8. The lowest BCUT2D eigenvalue weighted by atomic mass is 10.1. The molecule has 2 N–H and O–H groups in total. The number of rotatable bonds is 2. The van der Waals surface area contributed by atoms with Gasteiger partial charge in [0.1, 0.15) is 11.5 Å². The maximum Gasteiger partial charge on any atom is 0.257 e. The number of anilines is 1. The number of hydrogen-bond donors (Lipinski definition) is 2. The number of carbonyl (C=O) groups is 1. The van der Waals surface area contributed by atoms with Gasteiger partial charge in [-0.3, -0.25) is 4.79 Å². The van der Waals surface area contributed by atoms with Crippen LogP contribution in [0.25, 0.3) is 0 Å². The molecule has 0 aliphatic heterocycles. The van der Waals surface area contributed by atoms with Gasteiger partial charge in [-0.1, -0.05) is 11.2 Å². The number of aromatic hydroxyl groups is 1. The second-order valence-electron chi connectivity index (χ2n) is 3.78. The smallest absolute Gasteiger partial charge is 0.257 e. The Morgan fingerprint density at radius 1 is 1.35 bits per heavy atom. The van der Waals surface area contributed by atoms with Crippen LogP contribution in [0.3, 0.4) is 0 Å². The third-order valence-electron chi connectivity index (χ3n) is 2.34. The summed E-state index contributed by atoms with van der Waals surface area (Å²) >= 11 is 0. The zero-order chi connectivity index (χ0) is 12.4. The van der Waals surface area contributed by atoms with E-state index >= 15 is 0 Å². The Balaban J connectivity index is 2.17. The van der Waals surface area contributed by atoms with Crippen molar-refractivity contribution in [3.63, 3.8) is 0 Å². The number of carbonyl (C=O) groups excluding carboxylic acids is 1. The second-order valence-corrected chi connectivity index (χ2v) is 3.78. The first kappa shape index (κ1) is 11.2.